The average Bonchev–Trinajstić information content (AvgIpc) is 2.44. The first-order valence-electron chi connectivity index (χ1n) is 8.96. The molecule has 3 nitrogen and oxygen atoms in total. The highest BCUT2D eigenvalue weighted by atomic mass is 16.5. The van der Waals surface area contributed by atoms with E-state index in [1.165, 1.54) is 77.0 Å². The van der Waals surface area contributed by atoms with E-state index in [9.17, 15) is 4.79 Å². The van der Waals surface area contributed by atoms with Gasteiger partial charge in [0.05, 0.1) is 6.61 Å². The van der Waals surface area contributed by atoms with Crippen LogP contribution in [0.4, 0.5) is 0 Å². The molecule has 0 aliphatic heterocycles. The van der Waals surface area contributed by atoms with Gasteiger partial charge in [-0.1, -0.05) is 84.0 Å². The molecule has 0 aromatic carbocycles. The number of carbonyl (C=O) groups is 1. The maximum Gasteiger partial charge on any atom is 0.305 e. The van der Waals surface area contributed by atoms with Crippen molar-refractivity contribution in [1.29, 1.82) is 0 Å². The van der Waals surface area contributed by atoms with Gasteiger partial charge in [-0.25, -0.2) is 0 Å². The first-order chi connectivity index (χ1) is 9.81. The molecule has 0 atom stereocenters. The molecule has 0 unspecified atom stereocenters. The maximum absolute atomic E-state index is 11.1. The van der Waals surface area contributed by atoms with E-state index in [4.69, 9.17) is 4.74 Å². The molecule has 0 aromatic heterocycles. The summed E-state index contributed by atoms with van der Waals surface area (Å²) in [6.45, 7) is 4.64. The minimum Gasteiger partial charge on any atom is -0.466 e. The summed E-state index contributed by atoms with van der Waals surface area (Å²) >= 11 is 0. The standard InChI is InChI=1S/C18H36O2.H3N/c1-3-5-6-7-8-9-10-11-12-13-14-15-16-17-18(19)20-4-2;/h3-17H2,1-2H3;1H3. The van der Waals surface area contributed by atoms with Crippen LogP contribution in [-0.4, -0.2) is 12.6 Å². The molecule has 0 amide bonds. The van der Waals surface area contributed by atoms with E-state index in [0.29, 0.717) is 13.0 Å². The summed E-state index contributed by atoms with van der Waals surface area (Å²) in [7, 11) is 0. The van der Waals surface area contributed by atoms with Crippen LogP contribution in [0.5, 0.6) is 0 Å². The molecule has 3 N–H and O–H groups in total. The molecular formula is C18H39NO2. The molecular weight excluding hydrogens is 262 g/mol. The first-order valence-corrected chi connectivity index (χ1v) is 8.96. The predicted octanol–water partition coefficient (Wildman–Crippen LogP) is 6.19. The SMILES string of the molecule is CCCCCCCCCCCCCCCC(=O)OCC.N. The molecule has 0 aliphatic carbocycles. The maximum atomic E-state index is 11.1. The normalized spacial score (nSPS) is 10.2. The number of hydrogen-bond acceptors (Lipinski definition) is 3. The number of unbranched alkanes of at least 4 members (excludes halogenated alkanes) is 12. The zero-order chi connectivity index (χ0) is 14.9. The van der Waals surface area contributed by atoms with Crippen LogP contribution in [-0.2, 0) is 9.53 Å². The van der Waals surface area contributed by atoms with E-state index >= 15 is 0 Å². The van der Waals surface area contributed by atoms with Gasteiger partial charge in [-0.15, -0.1) is 0 Å². The van der Waals surface area contributed by atoms with Gasteiger partial charge in [-0.2, -0.15) is 0 Å². The fourth-order valence-electron chi connectivity index (χ4n) is 2.52. The summed E-state index contributed by atoms with van der Waals surface area (Å²) in [5.41, 5.74) is 0. The molecule has 0 saturated carbocycles. The van der Waals surface area contributed by atoms with Gasteiger partial charge in [-0.05, 0) is 13.3 Å². The van der Waals surface area contributed by atoms with Crippen LogP contribution >= 0.6 is 0 Å². The summed E-state index contributed by atoms with van der Waals surface area (Å²) in [5, 5.41) is 0. The van der Waals surface area contributed by atoms with Crippen LogP contribution in [0.1, 0.15) is 104 Å². The van der Waals surface area contributed by atoms with Gasteiger partial charge >= 0.3 is 5.97 Å². The van der Waals surface area contributed by atoms with Crippen molar-refractivity contribution < 1.29 is 9.53 Å². The van der Waals surface area contributed by atoms with Crippen molar-refractivity contribution in [2.45, 2.75) is 104 Å². The van der Waals surface area contributed by atoms with Gasteiger partial charge in [0.15, 0.2) is 0 Å². The fraction of sp³-hybridized carbons (Fsp3) is 0.944. The Kier molecular flexibility index (Phi) is 21.0. The molecule has 0 rings (SSSR count). The number of hydrogen-bond donors (Lipinski definition) is 1. The molecule has 0 aliphatic rings. The van der Waals surface area contributed by atoms with Crippen molar-refractivity contribution in [3.8, 4) is 0 Å². The van der Waals surface area contributed by atoms with Gasteiger partial charge in [0.25, 0.3) is 0 Å². The third-order valence-corrected chi connectivity index (χ3v) is 3.79. The fourth-order valence-corrected chi connectivity index (χ4v) is 2.52. The molecule has 0 spiro atoms. The van der Waals surface area contributed by atoms with E-state index < -0.39 is 0 Å². The summed E-state index contributed by atoms with van der Waals surface area (Å²) < 4.78 is 4.91. The third kappa shape index (κ3) is 19.4. The summed E-state index contributed by atoms with van der Waals surface area (Å²) in [6, 6.07) is 0. The Bertz CT molecular complexity index is 207. The van der Waals surface area contributed by atoms with E-state index in [-0.39, 0.29) is 12.1 Å². The van der Waals surface area contributed by atoms with Crippen molar-refractivity contribution >= 4 is 5.97 Å². The Morgan fingerprint density at radius 1 is 0.667 bits per heavy atom. The van der Waals surface area contributed by atoms with Gasteiger partial charge in [0.2, 0.25) is 0 Å². The molecule has 128 valence electrons. The Morgan fingerprint density at radius 3 is 1.43 bits per heavy atom. The lowest BCUT2D eigenvalue weighted by molar-refractivity contribution is -0.143. The van der Waals surface area contributed by atoms with Crippen LogP contribution in [0.3, 0.4) is 0 Å². The van der Waals surface area contributed by atoms with Crippen molar-refractivity contribution in [3.63, 3.8) is 0 Å². The molecule has 0 fully saturated rings. The second-order valence-corrected chi connectivity index (χ2v) is 5.80. The number of esters is 1. The Morgan fingerprint density at radius 2 is 1.05 bits per heavy atom. The Labute approximate surface area is 132 Å². The zero-order valence-corrected chi connectivity index (χ0v) is 14.6. The van der Waals surface area contributed by atoms with Crippen molar-refractivity contribution in [3.05, 3.63) is 0 Å². The highest BCUT2D eigenvalue weighted by molar-refractivity contribution is 5.69. The lowest BCUT2D eigenvalue weighted by atomic mass is 10.0. The predicted molar refractivity (Wildman–Crippen MR) is 92.0 cm³/mol. The lowest BCUT2D eigenvalue weighted by Crippen LogP contribution is -2.03. The zero-order valence-electron chi connectivity index (χ0n) is 14.6. The first kappa shape index (κ1) is 22.7. The number of carbonyl (C=O) groups excluding carboxylic acids is 1. The van der Waals surface area contributed by atoms with Gasteiger partial charge in [-0.3, -0.25) is 4.79 Å². The summed E-state index contributed by atoms with van der Waals surface area (Å²) in [4.78, 5) is 11.1. The highest BCUT2D eigenvalue weighted by Crippen LogP contribution is 2.12. The second kappa shape index (κ2) is 19.4. The smallest absolute Gasteiger partial charge is 0.305 e. The molecule has 21 heavy (non-hydrogen) atoms. The number of ether oxygens (including phenoxy) is 1. The van der Waals surface area contributed by atoms with E-state index in [1.54, 1.807) is 0 Å². The number of rotatable bonds is 15. The van der Waals surface area contributed by atoms with Crippen LogP contribution in [0, 0.1) is 0 Å². The van der Waals surface area contributed by atoms with Gasteiger partial charge < -0.3 is 10.9 Å². The van der Waals surface area contributed by atoms with Crippen molar-refractivity contribution in [1.82, 2.24) is 6.15 Å². The molecule has 0 aromatic rings. The lowest BCUT2D eigenvalue weighted by Gasteiger charge is -2.03. The molecule has 0 bridgehead atoms. The average molecular weight is 302 g/mol. The Hall–Kier alpha value is -0.570. The van der Waals surface area contributed by atoms with Crippen molar-refractivity contribution in [2.24, 2.45) is 0 Å². The van der Waals surface area contributed by atoms with Crippen LogP contribution in [0.25, 0.3) is 0 Å². The summed E-state index contributed by atoms with van der Waals surface area (Å²) in [5.74, 6) is -0.0319. The van der Waals surface area contributed by atoms with Crippen molar-refractivity contribution in [2.75, 3.05) is 6.61 Å². The van der Waals surface area contributed by atoms with E-state index in [0.717, 1.165) is 6.42 Å². The third-order valence-electron chi connectivity index (χ3n) is 3.79. The minimum absolute atomic E-state index is 0. The van der Waals surface area contributed by atoms with Crippen LogP contribution in [0.15, 0.2) is 0 Å². The summed E-state index contributed by atoms with van der Waals surface area (Å²) in [6.07, 6.45) is 18.0. The molecule has 0 heterocycles. The van der Waals surface area contributed by atoms with Crippen LogP contribution < -0.4 is 6.15 Å². The van der Waals surface area contributed by atoms with Gasteiger partial charge in [0, 0.05) is 6.42 Å². The minimum atomic E-state index is -0.0319. The second-order valence-electron chi connectivity index (χ2n) is 5.80. The molecule has 3 heteroatoms. The van der Waals surface area contributed by atoms with Gasteiger partial charge in [0.1, 0.15) is 0 Å². The van der Waals surface area contributed by atoms with E-state index in [2.05, 4.69) is 6.92 Å². The van der Waals surface area contributed by atoms with E-state index in [1.807, 2.05) is 6.92 Å². The monoisotopic (exact) mass is 301 g/mol. The topological polar surface area (TPSA) is 61.3 Å². The Balaban J connectivity index is 0. The highest BCUT2D eigenvalue weighted by Gasteiger charge is 2.00. The largest absolute Gasteiger partial charge is 0.466 e. The molecule has 0 radical (unpaired) electrons. The quantitative estimate of drug-likeness (QED) is 0.289. The van der Waals surface area contributed by atoms with Crippen LogP contribution in [0.2, 0.25) is 0 Å². The molecule has 0 saturated heterocycles.